The van der Waals surface area contributed by atoms with Crippen molar-refractivity contribution in [2.75, 3.05) is 6.54 Å². The number of nitrogens with zero attached hydrogens (tertiary/aromatic N) is 2. The second-order valence-electron chi connectivity index (χ2n) is 5.54. The van der Waals surface area contributed by atoms with Crippen LogP contribution in [0, 0.1) is 5.92 Å². The zero-order chi connectivity index (χ0) is 14.7. The van der Waals surface area contributed by atoms with Gasteiger partial charge in [0.25, 0.3) is 0 Å². The summed E-state index contributed by atoms with van der Waals surface area (Å²) < 4.78 is 3.34. The molecule has 0 radical (unpaired) electrons. The molecule has 2 unspecified atom stereocenters. The van der Waals surface area contributed by atoms with Gasteiger partial charge in [-0.1, -0.05) is 41.9 Å². The number of imidazole rings is 1. The minimum atomic E-state index is 0.258. The first-order valence-electron chi connectivity index (χ1n) is 7.01. The maximum absolute atomic E-state index is 5.95. The van der Waals surface area contributed by atoms with Gasteiger partial charge in [0, 0.05) is 28.8 Å². The lowest BCUT2D eigenvalue weighted by molar-refractivity contribution is 0.463. The minimum Gasteiger partial charge on any atom is -0.330 e. The monoisotopic (exact) mass is 335 g/mol. The zero-order valence-corrected chi connectivity index (χ0v) is 13.8. The maximum atomic E-state index is 5.95. The molecule has 0 aliphatic rings. The molecule has 2 atom stereocenters. The summed E-state index contributed by atoms with van der Waals surface area (Å²) in [5.74, 6) is 0.850. The van der Waals surface area contributed by atoms with E-state index >= 15 is 0 Å². The van der Waals surface area contributed by atoms with Crippen molar-refractivity contribution >= 4 is 15.9 Å². The third-order valence-corrected chi connectivity index (χ3v) is 4.43. The van der Waals surface area contributed by atoms with Crippen LogP contribution in [0.15, 0.2) is 41.3 Å². The Morgan fingerprint density at radius 2 is 1.85 bits per heavy atom. The number of benzene rings is 1. The standard InChI is InChI=1S/C16H22BrN3/c1-11(2)15(8-18)16-9-19-10-20(16)12(3)13-4-6-14(17)7-5-13/h4-7,9-12,15H,8,18H2,1-3H3. The van der Waals surface area contributed by atoms with Gasteiger partial charge >= 0.3 is 0 Å². The fourth-order valence-corrected chi connectivity index (χ4v) is 2.83. The van der Waals surface area contributed by atoms with Gasteiger partial charge in [-0.25, -0.2) is 4.98 Å². The number of rotatable bonds is 5. The minimum absolute atomic E-state index is 0.258. The lowest BCUT2D eigenvalue weighted by Crippen LogP contribution is -2.22. The topological polar surface area (TPSA) is 43.8 Å². The molecule has 0 bridgehead atoms. The van der Waals surface area contributed by atoms with Gasteiger partial charge in [0.2, 0.25) is 0 Å². The number of nitrogens with two attached hydrogens (primary N) is 1. The molecule has 4 heteroatoms. The average molecular weight is 336 g/mol. The number of halogens is 1. The van der Waals surface area contributed by atoms with E-state index in [4.69, 9.17) is 5.73 Å². The van der Waals surface area contributed by atoms with Crippen molar-refractivity contribution in [2.45, 2.75) is 32.7 Å². The Balaban J connectivity index is 2.33. The molecular formula is C16H22BrN3. The molecule has 0 amide bonds. The molecule has 0 aliphatic heterocycles. The van der Waals surface area contributed by atoms with Crippen molar-refractivity contribution in [2.24, 2.45) is 11.7 Å². The molecule has 0 saturated heterocycles. The third-order valence-electron chi connectivity index (χ3n) is 3.90. The van der Waals surface area contributed by atoms with Crippen molar-refractivity contribution < 1.29 is 0 Å². The number of hydrogen-bond donors (Lipinski definition) is 1. The van der Waals surface area contributed by atoms with Gasteiger partial charge in [0.1, 0.15) is 0 Å². The molecule has 1 aromatic carbocycles. The SMILES string of the molecule is CC(C)C(CN)c1cncn1C(C)c1ccc(Br)cc1. The van der Waals surface area contributed by atoms with Crippen LogP contribution in [0.2, 0.25) is 0 Å². The van der Waals surface area contributed by atoms with Gasteiger partial charge in [-0.05, 0) is 30.5 Å². The summed E-state index contributed by atoms with van der Waals surface area (Å²) in [4.78, 5) is 4.34. The molecule has 2 aromatic rings. The van der Waals surface area contributed by atoms with E-state index in [2.05, 4.69) is 70.5 Å². The maximum Gasteiger partial charge on any atom is 0.0953 e. The summed E-state index contributed by atoms with van der Waals surface area (Å²) in [7, 11) is 0. The Morgan fingerprint density at radius 3 is 2.40 bits per heavy atom. The summed E-state index contributed by atoms with van der Waals surface area (Å²) in [5.41, 5.74) is 8.44. The lowest BCUT2D eigenvalue weighted by atomic mass is 9.92. The summed E-state index contributed by atoms with van der Waals surface area (Å²) in [6.45, 7) is 7.26. The first-order chi connectivity index (χ1) is 9.54. The van der Waals surface area contributed by atoms with Crippen LogP contribution >= 0.6 is 15.9 Å². The Labute approximate surface area is 129 Å². The third kappa shape index (κ3) is 3.13. The highest BCUT2D eigenvalue weighted by molar-refractivity contribution is 9.10. The van der Waals surface area contributed by atoms with E-state index in [1.807, 2.05) is 12.5 Å². The molecule has 0 fully saturated rings. The van der Waals surface area contributed by atoms with Crippen LogP contribution in [0.4, 0.5) is 0 Å². The highest BCUT2D eigenvalue weighted by atomic mass is 79.9. The molecule has 0 saturated carbocycles. The summed E-state index contributed by atoms with van der Waals surface area (Å²) in [5, 5.41) is 0. The van der Waals surface area contributed by atoms with E-state index < -0.39 is 0 Å². The van der Waals surface area contributed by atoms with E-state index in [0.29, 0.717) is 18.4 Å². The average Bonchev–Trinajstić information content (AvgIpc) is 2.88. The van der Waals surface area contributed by atoms with Crippen molar-refractivity contribution in [3.05, 3.63) is 52.5 Å². The smallest absolute Gasteiger partial charge is 0.0953 e. The summed E-state index contributed by atoms with van der Waals surface area (Å²) in [6, 6.07) is 8.70. The van der Waals surface area contributed by atoms with E-state index in [9.17, 15) is 0 Å². The Kier molecular flexibility index (Phi) is 5.00. The molecule has 2 rings (SSSR count). The quantitative estimate of drug-likeness (QED) is 0.898. The molecule has 1 heterocycles. The highest BCUT2D eigenvalue weighted by Crippen LogP contribution is 2.28. The van der Waals surface area contributed by atoms with Crippen LogP contribution in [0.1, 0.15) is 44.0 Å². The van der Waals surface area contributed by atoms with E-state index in [-0.39, 0.29) is 6.04 Å². The molecule has 0 spiro atoms. The van der Waals surface area contributed by atoms with E-state index in [1.54, 1.807) is 0 Å². The van der Waals surface area contributed by atoms with E-state index in [1.165, 1.54) is 11.3 Å². The number of aromatic nitrogens is 2. The first-order valence-corrected chi connectivity index (χ1v) is 7.81. The lowest BCUT2D eigenvalue weighted by Gasteiger charge is -2.24. The van der Waals surface area contributed by atoms with E-state index in [0.717, 1.165) is 4.47 Å². The fraction of sp³-hybridized carbons (Fsp3) is 0.438. The molecular weight excluding hydrogens is 314 g/mol. The van der Waals surface area contributed by atoms with Crippen molar-refractivity contribution in [3.63, 3.8) is 0 Å². The second-order valence-corrected chi connectivity index (χ2v) is 6.46. The zero-order valence-electron chi connectivity index (χ0n) is 12.3. The molecule has 3 nitrogen and oxygen atoms in total. The van der Waals surface area contributed by atoms with Gasteiger partial charge in [0.05, 0.1) is 12.4 Å². The Morgan fingerprint density at radius 1 is 1.20 bits per heavy atom. The van der Waals surface area contributed by atoms with Gasteiger partial charge in [-0.2, -0.15) is 0 Å². The normalized spacial score (nSPS) is 14.5. The molecule has 108 valence electrons. The van der Waals surface area contributed by atoms with Crippen LogP contribution in [0.5, 0.6) is 0 Å². The van der Waals surface area contributed by atoms with Crippen molar-refractivity contribution in [1.29, 1.82) is 0 Å². The fourth-order valence-electron chi connectivity index (χ4n) is 2.56. The highest BCUT2D eigenvalue weighted by Gasteiger charge is 2.21. The van der Waals surface area contributed by atoms with Crippen LogP contribution in [-0.4, -0.2) is 16.1 Å². The van der Waals surface area contributed by atoms with Crippen LogP contribution in [0.3, 0.4) is 0 Å². The van der Waals surface area contributed by atoms with Gasteiger partial charge in [-0.15, -0.1) is 0 Å². The Hall–Kier alpha value is -1.13. The molecule has 0 aliphatic carbocycles. The molecule has 2 N–H and O–H groups in total. The predicted octanol–water partition coefficient (Wildman–Crippen LogP) is 3.95. The van der Waals surface area contributed by atoms with Crippen LogP contribution in [-0.2, 0) is 0 Å². The van der Waals surface area contributed by atoms with Gasteiger partial charge in [0.15, 0.2) is 0 Å². The van der Waals surface area contributed by atoms with Gasteiger partial charge in [-0.3, -0.25) is 0 Å². The van der Waals surface area contributed by atoms with Crippen LogP contribution < -0.4 is 5.73 Å². The van der Waals surface area contributed by atoms with Gasteiger partial charge < -0.3 is 10.3 Å². The predicted molar refractivity (Wildman–Crippen MR) is 86.8 cm³/mol. The van der Waals surface area contributed by atoms with Crippen molar-refractivity contribution in [3.8, 4) is 0 Å². The summed E-state index contributed by atoms with van der Waals surface area (Å²) >= 11 is 3.48. The van der Waals surface area contributed by atoms with Crippen molar-refractivity contribution in [1.82, 2.24) is 9.55 Å². The number of hydrogen-bond acceptors (Lipinski definition) is 2. The van der Waals surface area contributed by atoms with Crippen LogP contribution in [0.25, 0.3) is 0 Å². The summed E-state index contributed by atoms with van der Waals surface area (Å²) in [6.07, 6.45) is 3.86. The first kappa shape index (κ1) is 15.3. The molecule has 20 heavy (non-hydrogen) atoms. The Bertz CT molecular complexity index is 545. The molecule has 1 aromatic heterocycles. The second kappa shape index (κ2) is 6.55. The largest absolute Gasteiger partial charge is 0.330 e.